The summed E-state index contributed by atoms with van der Waals surface area (Å²) in [5, 5.41) is 0. The molecule has 0 radical (unpaired) electrons. The van der Waals surface area contributed by atoms with Crippen LogP contribution in [0.25, 0.3) is 11.4 Å². The lowest BCUT2D eigenvalue weighted by molar-refractivity contribution is 0.0746. The van der Waals surface area contributed by atoms with Crippen molar-refractivity contribution in [3.8, 4) is 22.9 Å². The van der Waals surface area contributed by atoms with Gasteiger partial charge in [0.1, 0.15) is 12.4 Å². The third-order valence-corrected chi connectivity index (χ3v) is 5.33. The third-order valence-electron chi connectivity index (χ3n) is 5.33. The lowest BCUT2D eigenvalue weighted by Gasteiger charge is -2.35. The summed E-state index contributed by atoms with van der Waals surface area (Å²) in [6.45, 7) is 6.65. The predicted molar refractivity (Wildman–Crippen MR) is 124 cm³/mol. The number of ether oxygens (including phenoxy) is 2. The molecule has 1 aliphatic rings. The Balaban J connectivity index is 1.42. The lowest BCUT2D eigenvalue weighted by atomic mass is 10.1. The molecule has 7 nitrogen and oxygen atoms in total. The minimum absolute atomic E-state index is 0.0223. The maximum absolute atomic E-state index is 13.0. The van der Waals surface area contributed by atoms with Crippen LogP contribution in [0.4, 0.5) is 5.82 Å². The molecule has 0 aliphatic carbocycles. The van der Waals surface area contributed by atoms with Crippen LogP contribution >= 0.6 is 0 Å². The summed E-state index contributed by atoms with van der Waals surface area (Å²) in [7, 11) is 1.56. The highest BCUT2D eigenvalue weighted by molar-refractivity contribution is 5.95. The van der Waals surface area contributed by atoms with Crippen LogP contribution in [-0.2, 0) is 0 Å². The molecule has 4 rings (SSSR count). The van der Waals surface area contributed by atoms with Gasteiger partial charge in [0.15, 0.2) is 17.3 Å². The molecule has 32 heavy (non-hydrogen) atoms. The Morgan fingerprint density at radius 3 is 2.56 bits per heavy atom. The molecule has 1 aliphatic heterocycles. The number of anilines is 1. The average Bonchev–Trinajstić information content (AvgIpc) is 2.87. The molecule has 0 spiro atoms. The second-order valence-corrected chi connectivity index (χ2v) is 7.35. The SMILES string of the molecule is C=CCOc1ccc(C(=O)N2CCN(c3ccnc(-c4ccccc4)n3)CC2)cc1OC. The van der Waals surface area contributed by atoms with E-state index in [-0.39, 0.29) is 5.91 Å². The summed E-state index contributed by atoms with van der Waals surface area (Å²) in [6.07, 6.45) is 3.45. The third kappa shape index (κ3) is 4.72. The van der Waals surface area contributed by atoms with Gasteiger partial charge in [0.2, 0.25) is 0 Å². The number of hydrogen-bond donors (Lipinski definition) is 0. The predicted octanol–water partition coefficient (Wildman–Crippen LogP) is 3.68. The van der Waals surface area contributed by atoms with Gasteiger partial charge < -0.3 is 19.3 Å². The number of piperazine rings is 1. The molecule has 164 valence electrons. The molecule has 1 fully saturated rings. The van der Waals surface area contributed by atoms with Crippen molar-refractivity contribution >= 4 is 11.7 Å². The van der Waals surface area contributed by atoms with Crippen molar-refractivity contribution in [2.75, 3.05) is 44.8 Å². The van der Waals surface area contributed by atoms with Crippen molar-refractivity contribution in [2.45, 2.75) is 0 Å². The van der Waals surface area contributed by atoms with Crippen LogP contribution < -0.4 is 14.4 Å². The molecule has 1 aromatic heterocycles. The van der Waals surface area contributed by atoms with Gasteiger partial charge in [0.05, 0.1) is 7.11 Å². The van der Waals surface area contributed by atoms with Gasteiger partial charge in [0, 0.05) is 43.5 Å². The number of methoxy groups -OCH3 is 1. The van der Waals surface area contributed by atoms with Crippen molar-refractivity contribution in [1.82, 2.24) is 14.9 Å². The number of rotatable bonds is 7. The van der Waals surface area contributed by atoms with Crippen molar-refractivity contribution in [1.29, 1.82) is 0 Å². The van der Waals surface area contributed by atoms with Crippen LogP contribution in [-0.4, -0.2) is 60.7 Å². The Kier molecular flexibility index (Phi) is 6.65. The lowest BCUT2D eigenvalue weighted by Crippen LogP contribution is -2.49. The van der Waals surface area contributed by atoms with Crippen LogP contribution in [0, 0.1) is 0 Å². The van der Waals surface area contributed by atoms with Gasteiger partial charge in [-0.3, -0.25) is 4.79 Å². The quantitative estimate of drug-likeness (QED) is 0.533. The maximum atomic E-state index is 13.0. The zero-order valence-corrected chi connectivity index (χ0v) is 18.1. The first-order valence-electron chi connectivity index (χ1n) is 10.5. The fourth-order valence-electron chi connectivity index (χ4n) is 3.64. The standard InChI is InChI=1S/C25H26N4O3/c1-3-17-32-21-10-9-20(18-22(21)31-2)25(30)29-15-13-28(14-16-29)23-11-12-26-24(27-23)19-7-5-4-6-8-19/h3-12,18H,1,13-17H2,2H3. The van der Waals surface area contributed by atoms with E-state index in [1.54, 1.807) is 37.6 Å². The number of benzene rings is 2. The Hall–Kier alpha value is -3.87. The first-order chi connectivity index (χ1) is 15.7. The van der Waals surface area contributed by atoms with Gasteiger partial charge in [-0.25, -0.2) is 9.97 Å². The number of amides is 1. The molecule has 0 saturated carbocycles. The van der Waals surface area contributed by atoms with Gasteiger partial charge in [0.25, 0.3) is 5.91 Å². The Morgan fingerprint density at radius 1 is 1.06 bits per heavy atom. The topological polar surface area (TPSA) is 67.8 Å². The van der Waals surface area contributed by atoms with Gasteiger partial charge >= 0.3 is 0 Å². The monoisotopic (exact) mass is 430 g/mol. The fraction of sp³-hybridized carbons (Fsp3) is 0.240. The van der Waals surface area contributed by atoms with E-state index < -0.39 is 0 Å². The molecule has 2 aromatic carbocycles. The summed E-state index contributed by atoms with van der Waals surface area (Å²) in [6, 6.07) is 17.1. The van der Waals surface area contributed by atoms with Gasteiger partial charge in [-0.2, -0.15) is 0 Å². The summed E-state index contributed by atoms with van der Waals surface area (Å²) < 4.78 is 11.0. The molecule has 7 heteroatoms. The first kappa shape index (κ1) is 21.4. The molecule has 1 saturated heterocycles. The van der Waals surface area contributed by atoms with Gasteiger partial charge in [-0.15, -0.1) is 0 Å². The number of aromatic nitrogens is 2. The fourth-order valence-corrected chi connectivity index (χ4v) is 3.64. The van der Waals surface area contributed by atoms with E-state index in [1.165, 1.54) is 0 Å². The van der Waals surface area contributed by atoms with Crippen molar-refractivity contribution < 1.29 is 14.3 Å². The Morgan fingerprint density at radius 2 is 1.84 bits per heavy atom. The minimum atomic E-state index is -0.0223. The second kappa shape index (κ2) is 9.96. The first-order valence-corrected chi connectivity index (χ1v) is 10.5. The number of carbonyl (C=O) groups is 1. The smallest absolute Gasteiger partial charge is 0.254 e. The van der Waals surface area contributed by atoms with Crippen molar-refractivity contribution in [3.63, 3.8) is 0 Å². The summed E-state index contributed by atoms with van der Waals surface area (Å²) in [5.41, 5.74) is 1.56. The van der Waals surface area contributed by atoms with Crippen molar-refractivity contribution in [3.05, 3.63) is 79.0 Å². The highest BCUT2D eigenvalue weighted by Crippen LogP contribution is 2.29. The molecule has 0 bridgehead atoms. The minimum Gasteiger partial charge on any atom is -0.493 e. The number of carbonyl (C=O) groups excluding carboxylic acids is 1. The van der Waals surface area contributed by atoms with E-state index in [9.17, 15) is 4.79 Å². The van der Waals surface area contributed by atoms with E-state index in [4.69, 9.17) is 14.5 Å². The van der Waals surface area contributed by atoms with E-state index in [2.05, 4.69) is 16.5 Å². The van der Waals surface area contributed by atoms with Crippen LogP contribution in [0.1, 0.15) is 10.4 Å². The zero-order chi connectivity index (χ0) is 22.3. The zero-order valence-electron chi connectivity index (χ0n) is 18.1. The average molecular weight is 431 g/mol. The molecule has 2 heterocycles. The summed E-state index contributed by atoms with van der Waals surface area (Å²) in [4.78, 5) is 26.2. The summed E-state index contributed by atoms with van der Waals surface area (Å²) in [5.74, 6) is 2.67. The maximum Gasteiger partial charge on any atom is 0.254 e. The normalized spacial score (nSPS) is 13.5. The van der Waals surface area contributed by atoms with Crippen LogP contribution in [0.3, 0.4) is 0 Å². The van der Waals surface area contributed by atoms with E-state index >= 15 is 0 Å². The Labute approximate surface area is 187 Å². The molecule has 0 N–H and O–H groups in total. The number of nitrogens with zero attached hydrogens (tertiary/aromatic N) is 4. The van der Waals surface area contributed by atoms with Crippen LogP contribution in [0.2, 0.25) is 0 Å². The van der Waals surface area contributed by atoms with Crippen LogP contribution in [0.15, 0.2) is 73.4 Å². The summed E-state index contributed by atoms with van der Waals surface area (Å²) >= 11 is 0. The van der Waals surface area contributed by atoms with Gasteiger partial charge in [-0.05, 0) is 24.3 Å². The largest absolute Gasteiger partial charge is 0.493 e. The highest BCUT2D eigenvalue weighted by Gasteiger charge is 2.24. The molecule has 0 atom stereocenters. The molecule has 1 amide bonds. The van der Waals surface area contributed by atoms with Crippen LogP contribution in [0.5, 0.6) is 11.5 Å². The highest BCUT2D eigenvalue weighted by atomic mass is 16.5. The molecular weight excluding hydrogens is 404 g/mol. The van der Waals surface area contributed by atoms with E-state index in [0.717, 1.165) is 11.4 Å². The molecular formula is C25H26N4O3. The Bertz CT molecular complexity index is 1080. The second-order valence-electron chi connectivity index (χ2n) is 7.35. The van der Waals surface area contributed by atoms with Gasteiger partial charge in [-0.1, -0.05) is 43.0 Å². The van der Waals surface area contributed by atoms with Crippen molar-refractivity contribution in [2.24, 2.45) is 0 Å². The molecule has 0 unspecified atom stereocenters. The van der Waals surface area contributed by atoms with E-state index in [0.29, 0.717) is 55.7 Å². The molecule has 3 aromatic rings. The van der Waals surface area contributed by atoms with E-state index in [1.807, 2.05) is 41.3 Å². The number of hydrogen-bond acceptors (Lipinski definition) is 6.